The van der Waals surface area contributed by atoms with Crippen LogP contribution in [-0.2, 0) is 15.9 Å². The molecule has 1 aromatic rings. The highest BCUT2D eigenvalue weighted by Gasteiger charge is 2.28. The minimum atomic E-state index is -0.862. The monoisotopic (exact) mass is 274 g/mol. The highest BCUT2D eigenvalue weighted by Crippen LogP contribution is 2.21. The van der Waals surface area contributed by atoms with Crippen LogP contribution in [-0.4, -0.2) is 26.6 Å². The maximum atomic E-state index is 8.73. The van der Waals surface area contributed by atoms with Crippen LogP contribution in [0.1, 0.15) is 24.0 Å². The molecule has 0 saturated heterocycles. The predicted octanol–water partition coefficient (Wildman–Crippen LogP) is 3.18. The lowest BCUT2D eigenvalue weighted by atomic mass is 10.0. The van der Waals surface area contributed by atoms with E-state index in [4.69, 9.17) is 20.3 Å². The van der Waals surface area contributed by atoms with E-state index >= 15 is 0 Å². The van der Waals surface area contributed by atoms with Crippen LogP contribution in [0.2, 0.25) is 0 Å². The first kappa shape index (κ1) is 16.0. The quantitative estimate of drug-likeness (QED) is 0.315. The zero-order chi connectivity index (χ0) is 14.8. The van der Waals surface area contributed by atoms with Gasteiger partial charge in [-0.1, -0.05) is 17.2 Å². The van der Waals surface area contributed by atoms with Gasteiger partial charge in [-0.2, -0.15) is 5.26 Å². The van der Waals surface area contributed by atoms with Crippen molar-refractivity contribution in [3.63, 3.8) is 0 Å². The molecule has 1 aromatic carbocycles. The zero-order valence-electron chi connectivity index (χ0n) is 11.7. The molecule has 0 radical (unpaired) electrons. The summed E-state index contributed by atoms with van der Waals surface area (Å²) in [4.78, 5) is 2.74. The lowest BCUT2D eigenvalue weighted by molar-refractivity contribution is -0.203. The molecule has 0 unspecified atom stereocenters. The number of aryl methyl sites for hydroxylation is 1. The smallest absolute Gasteiger partial charge is 0.173 e. The molecule has 6 heteroatoms. The van der Waals surface area contributed by atoms with Crippen LogP contribution in [0.3, 0.4) is 0 Å². The van der Waals surface area contributed by atoms with Gasteiger partial charge in [0.2, 0.25) is 0 Å². The fraction of sp³-hybridized carbons (Fsp3) is 0.500. The average molecular weight is 274 g/mol. The van der Waals surface area contributed by atoms with E-state index in [1.165, 1.54) is 14.2 Å². The molecule has 0 saturated carbocycles. The Labute approximate surface area is 118 Å². The maximum absolute atomic E-state index is 8.73. The summed E-state index contributed by atoms with van der Waals surface area (Å²) >= 11 is 0. The molecule has 0 bridgehead atoms. The third-order valence-electron chi connectivity index (χ3n) is 3.23. The van der Waals surface area contributed by atoms with Crippen molar-refractivity contribution in [1.29, 1.82) is 5.26 Å². The Morgan fingerprint density at radius 2 is 1.95 bits per heavy atom. The molecule has 0 fully saturated rings. The molecule has 1 rings (SSSR count). The van der Waals surface area contributed by atoms with Gasteiger partial charge in [0.15, 0.2) is 5.79 Å². The zero-order valence-corrected chi connectivity index (χ0v) is 11.7. The first-order valence-electron chi connectivity index (χ1n) is 6.30. The van der Waals surface area contributed by atoms with E-state index in [9.17, 15) is 0 Å². The molecule has 0 spiro atoms. The average Bonchev–Trinajstić information content (AvgIpc) is 2.51. The predicted molar refractivity (Wildman–Crippen MR) is 74.9 cm³/mol. The fourth-order valence-corrected chi connectivity index (χ4v) is 1.94. The van der Waals surface area contributed by atoms with Crippen molar-refractivity contribution in [2.45, 2.75) is 25.0 Å². The molecule has 0 atom stereocenters. The maximum Gasteiger partial charge on any atom is 0.173 e. The first-order valence-corrected chi connectivity index (χ1v) is 6.30. The Morgan fingerprint density at radius 3 is 2.45 bits per heavy atom. The summed E-state index contributed by atoms with van der Waals surface area (Å²) in [6.07, 6.45) is 2.30. The summed E-state index contributed by atoms with van der Waals surface area (Å²) in [5, 5.41) is 12.3. The van der Waals surface area contributed by atoms with Crippen molar-refractivity contribution < 1.29 is 9.47 Å². The molecule has 0 aromatic heterocycles. The lowest BCUT2D eigenvalue weighted by Gasteiger charge is -2.29. The number of ether oxygens (including phenoxy) is 2. The minimum Gasteiger partial charge on any atom is -0.353 e. The molecule has 0 aliphatic carbocycles. The Balaban J connectivity index is 2.55. The van der Waals surface area contributed by atoms with Crippen molar-refractivity contribution in [3.8, 4) is 6.07 Å². The Kier molecular flexibility index (Phi) is 6.54. The Bertz CT molecular complexity index is 497. The van der Waals surface area contributed by atoms with Crippen LogP contribution >= 0.6 is 0 Å². The molecule has 20 heavy (non-hydrogen) atoms. The summed E-state index contributed by atoms with van der Waals surface area (Å²) in [5.74, 6) is -0.862. The standard InChI is InChI=1S/C14H18N4O2/c1-19-14(20-2,11-17-18-16)9-3-4-12-5-7-13(10-15)8-6-12/h5-8H,3-4,9,11H2,1-2H3. The number of benzene rings is 1. The van der Waals surface area contributed by atoms with Gasteiger partial charge in [0.25, 0.3) is 0 Å². The van der Waals surface area contributed by atoms with Crippen molar-refractivity contribution in [1.82, 2.24) is 0 Å². The van der Waals surface area contributed by atoms with Gasteiger partial charge in [0.1, 0.15) is 0 Å². The van der Waals surface area contributed by atoms with Gasteiger partial charge in [0, 0.05) is 25.6 Å². The van der Waals surface area contributed by atoms with Gasteiger partial charge >= 0.3 is 0 Å². The van der Waals surface area contributed by atoms with Crippen LogP contribution in [0.4, 0.5) is 0 Å². The van der Waals surface area contributed by atoms with Crippen LogP contribution in [0, 0.1) is 11.3 Å². The number of nitriles is 1. The molecule has 106 valence electrons. The first-order chi connectivity index (χ1) is 9.69. The van der Waals surface area contributed by atoms with E-state index in [1.54, 1.807) is 12.1 Å². The number of rotatable bonds is 8. The second-order valence-corrected chi connectivity index (χ2v) is 4.37. The molecule has 0 N–H and O–H groups in total. The van der Waals surface area contributed by atoms with Gasteiger partial charge in [0.05, 0.1) is 18.2 Å². The molecule has 0 aliphatic rings. The minimum absolute atomic E-state index is 0.143. The number of methoxy groups -OCH3 is 2. The van der Waals surface area contributed by atoms with Crippen molar-refractivity contribution >= 4 is 0 Å². The van der Waals surface area contributed by atoms with Gasteiger partial charge < -0.3 is 9.47 Å². The van der Waals surface area contributed by atoms with Crippen LogP contribution in [0.15, 0.2) is 29.4 Å². The van der Waals surface area contributed by atoms with E-state index in [-0.39, 0.29) is 6.54 Å². The van der Waals surface area contributed by atoms with Crippen molar-refractivity contribution in [2.24, 2.45) is 5.11 Å². The normalized spacial score (nSPS) is 10.7. The van der Waals surface area contributed by atoms with Crippen LogP contribution in [0.5, 0.6) is 0 Å². The second kappa shape index (κ2) is 8.18. The summed E-state index contributed by atoms with van der Waals surface area (Å²) in [6.45, 7) is 0.143. The topological polar surface area (TPSA) is 91.0 Å². The van der Waals surface area contributed by atoms with E-state index in [1.807, 2.05) is 12.1 Å². The molecule has 6 nitrogen and oxygen atoms in total. The molecular formula is C14H18N4O2. The van der Waals surface area contributed by atoms with Gasteiger partial charge in [-0.15, -0.1) is 0 Å². The highest BCUT2D eigenvalue weighted by atomic mass is 16.7. The lowest BCUT2D eigenvalue weighted by Crippen LogP contribution is -2.37. The Morgan fingerprint density at radius 1 is 1.30 bits per heavy atom. The van der Waals surface area contributed by atoms with Gasteiger partial charge in [-0.05, 0) is 36.1 Å². The van der Waals surface area contributed by atoms with E-state index < -0.39 is 5.79 Å². The number of nitrogens with zero attached hydrogens (tertiary/aromatic N) is 4. The second-order valence-electron chi connectivity index (χ2n) is 4.37. The number of hydrogen-bond acceptors (Lipinski definition) is 4. The van der Waals surface area contributed by atoms with E-state index in [0.29, 0.717) is 12.0 Å². The molecular weight excluding hydrogens is 256 g/mol. The number of hydrogen-bond donors (Lipinski definition) is 0. The van der Waals surface area contributed by atoms with E-state index in [2.05, 4.69) is 16.1 Å². The summed E-state index contributed by atoms with van der Waals surface area (Å²) < 4.78 is 10.7. The van der Waals surface area contributed by atoms with Crippen molar-refractivity contribution in [2.75, 3.05) is 20.8 Å². The SMILES string of the molecule is COC(CCCc1ccc(C#N)cc1)(CN=[N+]=[N-])OC. The van der Waals surface area contributed by atoms with Crippen LogP contribution < -0.4 is 0 Å². The largest absolute Gasteiger partial charge is 0.353 e. The molecule has 0 amide bonds. The summed E-state index contributed by atoms with van der Waals surface area (Å²) in [5.41, 5.74) is 10.2. The highest BCUT2D eigenvalue weighted by molar-refractivity contribution is 5.31. The molecule has 0 aliphatic heterocycles. The Hall–Kier alpha value is -2.06. The van der Waals surface area contributed by atoms with Crippen molar-refractivity contribution in [3.05, 3.63) is 45.8 Å². The fourth-order valence-electron chi connectivity index (χ4n) is 1.94. The third-order valence-corrected chi connectivity index (χ3v) is 3.23. The number of azide groups is 1. The molecule has 0 heterocycles. The summed E-state index contributed by atoms with van der Waals surface area (Å²) in [6, 6.07) is 9.57. The van der Waals surface area contributed by atoms with Gasteiger partial charge in [-0.25, -0.2) is 0 Å². The van der Waals surface area contributed by atoms with E-state index in [0.717, 1.165) is 18.4 Å². The van der Waals surface area contributed by atoms with Gasteiger partial charge in [-0.3, -0.25) is 0 Å². The third kappa shape index (κ3) is 4.56. The summed E-state index contributed by atoms with van der Waals surface area (Å²) in [7, 11) is 3.08. The van der Waals surface area contributed by atoms with Crippen LogP contribution in [0.25, 0.3) is 10.4 Å².